The number of ether oxygens (including phenoxy) is 1. The fourth-order valence-corrected chi connectivity index (χ4v) is 15.2. The van der Waals surface area contributed by atoms with Gasteiger partial charge < -0.3 is 0 Å². The molecule has 2 saturated carbocycles. The fraction of sp³-hybridized carbons (Fsp3) is 0.667. The van der Waals surface area contributed by atoms with Crippen molar-refractivity contribution in [1.29, 1.82) is 0 Å². The van der Waals surface area contributed by atoms with Gasteiger partial charge in [0.15, 0.2) is 0 Å². The van der Waals surface area contributed by atoms with Crippen LogP contribution in [0.25, 0.3) is 0 Å². The Kier molecular flexibility index (Phi) is 5.31. The zero-order chi connectivity index (χ0) is 14.7. The van der Waals surface area contributed by atoms with E-state index < -0.39 is 15.5 Å². The van der Waals surface area contributed by atoms with Crippen LogP contribution in [0.15, 0.2) is 24.3 Å². The van der Waals surface area contributed by atoms with Crippen molar-refractivity contribution in [1.82, 2.24) is 0 Å². The van der Waals surface area contributed by atoms with Crippen LogP contribution in [-0.2, 0) is 15.5 Å². The molecule has 2 fully saturated rings. The van der Waals surface area contributed by atoms with Gasteiger partial charge in [-0.1, -0.05) is 0 Å². The molecule has 0 atom stereocenters. The summed E-state index contributed by atoms with van der Waals surface area (Å²) in [5.41, 5.74) is 0. The van der Waals surface area contributed by atoms with E-state index >= 15 is 0 Å². The molecule has 0 N–H and O–H groups in total. The van der Waals surface area contributed by atoms with Gasteiger partial charge in [0, 0.05) is 0 Å². The number of benzene rings is 1. The van der Waals surface area contributed by atoms with Crippen molar-refractivity contribution in [3.05, 3.63) is 24.3 Å². The Bertz CT molecular complexity index is 448. The average Bonchev–Trinajstić information content (AvgIpc) is 3.23. The molecule has 122 valence electrons. The molecule has 0 spiro atoms. The molecule has 3 rings (SSSR count). The molecule has 1 aromatic carbocycles. The van der Waals surface area contributed by atoms with Crippen molar-refractivity contribution in [3.63, 3.8) is 0 Å². The van der Waals surface area contributed by atoms with Gasteiger partial charge in [-0.2, -0.15) is 0 Å². The first-order chi connectivity index (χ1) is 10.3. The summed E-state index contributed by atoms with van der Waals surface area (Å²) in [5, 5.41) is 0. The first-order valence-electron chi connectivity index (χ1n) is 8.08. The molecule has 2 aliphatic rings. The maximum absolute atomic E-state index is 6.74. The van der Waals surface area contributed by atoms with Gasteiger partial charge in [0.2, 0.25) is 0 Å². The molecule has 0 heterocycles. The van der Waals surface area contributed by atoms with Crippen molar-refractivity contribution in [2.24, 2.45) is 0 Å². The molecule has 1 nitrogen and oxygen atoms in total. The van der Waals surface area contributed by atoms with Crippen LogP contribution in [0.5, 0.6) is 5.75 Å². The van der Waals surface area contributed by atoms with Gasteiger partial charge in [-0.05, 0) is 0 Å². The van der Waals surface area contributed by atoms with E-state index in [1.165, 1.54) is 51.4 Å². The maximum atomic E-state index is 6.74. The third-order valence-corrected chi connectivity index (χ3v) is 15.7. The number of methoxy groups -OCH3 is 1. The third kappa shape index (κ3) is 2.92. The summed E-state index contributed by atoms with van der Waals surface area (Å²) in [5.74, 6) is 1.01. The van der Waals surface area contributed by atoms with E-state index in [9.17, 15) is 0 Å². The monoisotopic (exact) mass is 400 g/mol. The van der Waals surface area contributed by atoms with Gasteiger partial charge in [0.1, 0.15) is 0 Å². The standard InChI is InChI=1S/C7H7O.2C5H9.CH2Cl.Pd/c1-8-7-5-3-2-4-6-7;2*1-2-4-5-3-1;1-2;/h2-3,5-6H,1H3;2*1H,2-5H2;1H2;. The van der Waals surface area contributed by atoms with E-state index in [1.54, 1.807) is 11.1 Å². The van der Waals surface area contributed by atoms with Crippen molar-refractivity contribution in [2.45, 2.75) is 60.1 Å². The van der Waals surface area contributed by atoms with Gasteiger partial charge in [-0.15, -0.1) is 0 Å². The van der Waals surface area contributed by atoms with E-state index in [1.807, 2.05) is 0 Å². The Balaban J connectivity index is 2.04. The van der Waals surface area contributed by atoms with E-state index in [0.29, 0.717) is 0 Å². The van der Waals surface area contributed by atoms with Crippen molar-refractivity contribution in [2.75, 3.05) is 11.5 Å². The first-order valence-corrected chi connectivity index (χ1v) is 12.3. The van der Waals surface area contributed by atoms with Crippen LogP contribution in [0.1, 0.15) is 51.4 Å². The molecule has 0 aliphatic heterocycles. The molecule has 0 bridgehead atoms. The van der Waals surface area contributed by atoms with Crippen LogP contribution in [0, 0.1) is 0 Å². The summed E-state index contributed by atoms with van der Waals surface area (Å²) in [6, 6.07) is 8.92. The minimum absolute atomic E-state index is 0.905. The van der Waals surface area contributed by atoms with Gasteiger partial charge in [0.05, 0.1) is 0 Å². The Hall–Kier alpha value is -0.0277. The number of alkyl halides is 1. The summed E-state index contributed by atoms with van der Waals surface area (Å²) in [7, 11) is 1.77. The molecule has 2 aliphatic carbocycles. The van der Waals surface area contributed by atoms with E-state index in [0.717, 1.165) is 18.9 Å². The molecule has 0 saturated heterocycles. The summed E-state index contributed by atoms with van der Waals surface area (Å²) < 4.78 is 9.80. The molecule has 3 heteroatoms. The average molecular weight is 401 g/mol. The van der Waals surface area contributed by atoms with Crippen LogP contribution in [-0.4, -0.2) is 11.5 Å². The quantitative estimate of drug-likeness (QED) is 0.475. The van der Waals surface area contributed by atoms with E-state index in [2.05, 4.69) is 24.3 Å². The second-order valence-corrected chi connectivity index (χ2v) is 14.1. The second kappa shape index (κ2) is 7.03. The fourth-order valence-electron chi connectivity index (χ4n) is 3.81. The van der Waals surface area contributed by atoms with Crippen molar-refractivity contribution >= 4 is 15.6 Å². The van der Waals surface area contributed by atoms with Crippen molar-refractivity contribution in [3.8, 4) is 5.75 Å². The summed E-state index contributed by atoms with van der Waals surface area (Å²) in [6.45, 7) is 0. The number of halogens is 1. The van der Waals surface area contributed by atoms with Crippen LogP contribution in [0.3, 0.4) is 0 Å². The summed E-state index contributed by atoms with van der Waals surface area (Å²) >= 11 is 4.95. The summed E-state index contributed by atoms with van der Waals surface area (Å²) in [6.07, 6.45) is 11.3. The minimum atomic E-state index is -1.79. The van der Waals surface area contributed by atoms with E-state index in [4.69, 9.17) is 16.3 Å². The normalized spacial score (nSPS) is 21.8. The zero-order valence-electron chi connectivity index (χ0n) is 12.9. The predicted octanol–water partition coefficient (Wildman–Crippen LogP) is 5.40. The number of hydrogen-bond acceptors (Lipinski definition) is 1. The van der Waals surface area contributed by atoms with Gasteiger partial charge in [-0.3, -0.25) is 0 Å². The Morgan fingerprint density at radius 1 is 1.05 bits per heavy atom. The van der Waals surface area contributed by atoms with Crippen LogP contribution >= 0.6 is 11.6 Å². The third-order valence-electron chi connectivity index (χ3n) is 4.91. The number of hydrogen-bond donors (Lipinski definition) is 0. The predicted molar refractivity (Wildman–Crippen MR) is 87.8 cm³/mol. The Morgan fingerprint density at radius 3 is 2.10 bits per heavy atom. The molecule has 0 aromatic heterocycles. The van der Waals surface area contributed by atoms with Crippen LogP contribution in [0.4, 0.5) is 0 Å². The topological polar surface area (TPSA) is 9.23 Å². The van der Waals surface area contributed by atoms with E-state index in [-0.39, 0.29) is 0 Å². The van der Waals surface area contributed by atoms with Gasteiger partial charge >= 0.3 is 138 Å². The van der Waals surface area contributed by atoms with Crippen molar-refractivity contribution < 1.29 is 20.3 Å². The number of rotatable bonds is 5. The molecule has 1 aromatic rings. The molecular formula is C18H27ClOPd. The summed E-state index contributed by atoms with van der Waals surface area (Å²) in [4.78, 5) is 0. The Labute approximate surface area is 137 Å². The second-order valence-electron chi connectivity index (χ2n) is 6.03. The Morgan fingerprint density at radius 2 is 1.62 bits per heavy atom. The SMILES string of the molecule is COc1ccc[c]([Pd]([CH2]Cl)([CH]2CCCC2)[CH]2CCCC2)c1. The molecule has 0 amide bonds. The van der Waals surface area contributed by atoms with Crippen LogP contribution < -0.4 is 8.77 Å². The molecular weight excluding hydrogens is 374 g/mol. The zero-order valence-corrected chi connectivity index (χ0v) is 15.2. The first kappa shape index (κ1) is 15.9. The molecule has 0 radical (unpaired) electrons. The van der Waals surface area contributed by atoms with Gasteiger partial charge in [-0.25, -0.2) is 0 Å². The van der Waals surface area contributed by atoms with Crippen LogP contribution in [0.2, 0.25) is 8.78 Å². The molecule has 0 unspecified atom stereocenters. The molecule has 21 heavy (non-hydrogen) atoms. The van der Waals surface area contributed by atoms with Gasteiger partial charge in [0.25, 0.3) is 0 Å².